The lowest BCUT2D eigenvalue weighted by Gasteiger charge is -2.19. The molecule has 0 spiro atoms. The summed E-state index contributed by atoms with van der Waals surface area (Å²) < 4.78 is 5.49. The number of carbonyl (C=O) groups excluding carboxylic acids is 2. The Bertz CT molecular complexity index is 913. The molecule has 1 aliphatic carbocycles. The van der Waals surface area contributed by atoms with Gasteiger partial charge < -0.3 is 20.5 Å². The molecule has 0 saturated carbocycles. The van der Waals surface area contributed by atoms with Crippen molar-refractivity contribution in [3.63, 3.8) is 0 Å². The Morgan fingerprint density at radius 1 is 1.03 bits per heavy atom. The van der Waals surface area contributed by atoms with Crippen LogP contribution in [0.5, 0.6) is 0 Å². The number of fused-ring (bicyclic) bond motifs is 3. The molecule has 1 aliphatic rings. The van der Waals surface area contributed by atoms with Gasteiger partial charge in [-0.1, -0.05) is 62.4 Å². The summed E-state index contributed by atoms with van der Waals surface area (Å²) in [7, 11) is 0. The molecule has 2 atom stereocenters. The maximum absolute atomic E-state index is 12.4. The van der Waals surface area contributed by atoms with Gasteiger partial charge in [0.05, 0.1) is 5.92 Å². The van der Waals surface area contributed by atoms with Gasteiger partial charge in [0.15, 0.2) is 0 Å². The normalized spacial score (nSPS) is 14.1. The Morgan fingerprint density at radius 2 is 1.61 bits per heavy atom. The molecule has 2 amide bonds. The average Bonchev–Trinajstić information content (AvgIpc) is 3.09. The molecular weight excluding hydrogens is 396 g/mol. The fourth-order valence-electron chi connectivity index (χ4n) is 3.79. The summed E-state index contributed by atoms with van der Waals surface area (Å²) in [5, 5.41) is 14.2. The van der Waals surface area contributed by atoms with Crippen LogP contribution in [-0.2, 0) is 14.3 Å². The van der Waals surface area contributed by atoms with Crippen molar-refractivity contribution in [3.8, 4) is 11.1 Å². The number of hydrogen-bond donors (Lipinski definition) is 3. The first-order valence-corrected chi connectivity index (χ1v) is 10.5. The number of alkyl carbamates (subject to hydrolysis) is 1. The van der Waals surface area contributed by atoms with Gasteiger partial charge in [-0.3, -0.25) is 9.59 Å². The summed E-state index contributed by atoms with van der Waals surface area (Å²) >= 11 is 0. The number of ether oxygens (including phenoxy) is 1. The van der Waals surface area contributed by atoms with E-state index in [1.54, 1.807) is 13.8 Å². The first-order valence-electron chi connectivity index (χ1n) is 10.5. The lowest BCUT2D eigenvalue weighted by molar-refractivity contribution is -0.141. The molecule has 0 aliphatic heterocycles. The van der Waals surface area contributed by atoms with Gasteiger partial charge in [0.25, 0.3) is 0 Å². The van der Waals surface area contributed by atoms with E-state index in [-0.39, 0.29) is 25.0 Å². The van der Waals surface area contributed by atoms with E-state index in [9.17, 15) is 14.4 Å². The number of rotatable bonds is 9. The molecule has 0 saturated heterocycles. The van der Waals surface area contributed by atoms with Crippen molar-refractivity contribution in [2.75, 3.05) is 13.2 Å². The summed E-state index contributed by atoms with van der Waals surface area (Å²) in [5.41, 5.74) is 4.53. The fraction of sp³-hybridized carbons (Fsp3) is 0.375. The van der Waals surface area contributed by atoms with Crippen molar-refractivity contribution in [1.29, 1.82) is 0 Å². The number of carboxylic acid groups (broad SMARTS) is 1. The number of carboxylic acids is 1. The molecule has 0 heterocycles. The Balaban J connectivity index is 1.54. The zero-order valence-corrected chi connectivity index (χ0v) is 17.8. The van der Waals surface area contributed by atoms with Crippen molar-refractivity contribution >= 4 is 18.0 Å². The van der Waals surface area contributed by atoms with Gasteiger partial charge in [0, 0.05) is 12.5 Å². The standard InChI is InChI=1S/C24H28N2O5/c1-3-21(22(27)25-13-12-15(2)23(28)29)26-24(30)31-14-20-18-10-6-4-8-16(18)17-9-5-7-11-19(17)20/h4-11,15,20-21H,3,12-14H2,1-2H3,(H,25,27)(H,26,30)(H,28,29)/t15?,21-/m1/s1. The molecule has 3 rings (SSSR count). The lowest BCUT2D eigenvalue weighted by atomic mass is 9.98. The second kappa shape index (κ2) is 10.1. The quantitative estimate of drug-likeness (QED) is 0.571. The van der Waals surface area contributed by atoms with Crippen LogP contribution in [0.1, 0.15) is 43.7 Å². The maximum atomic E-state index is 12.4. The van der Waals surface area contributed by atoms with E-state index < -0.39 is 24.0 Å². The SMILES string of the molecule is CC[C@@H](NC(=O)OCC1c2ccccc2-c2ccccc21)C(=O)NCCC(C)C(=O)O. The lowest BCUT2D eigenvalue weighted by Crippen LogP contribution is -2.47. The van der Waals surface area contributed by atoms with E-state index in [2.05, 4.69) is 22.8 Å². The number of carbonyl (C=O) groups is 3. The highest BCUT2D eigenvalue weighted by molar-refractivity contribution is 5.85. The molecule has 31 heavy (non-hydrogen) atoms. The predicted octanol–water partition coefficient (Wildman–Crippen LogP) is 3.53. The Hall–Kier alpha value is -3.35. The number of hydrogen-bond acceptors (Lipinski definition) is 4. The summed E-state index contributed by atoms with van der Waals surface area (Å²) in [5.74, 6) is -1.85. The molecule has 0 bridgehead atoms. The summed E-state index contributed by atoms with van der Waals surface area (Å²) in [4.78, 5) is 35.6. The molecule has 164 valence electrons. The third kappa shape index (κ3) is 5.23. The van der Waals surface area contributed by atoms with E-state index in [0.29, 0.717) is 12.8 Å². The topological polar surface area (TPSA) is 105 Å². The van der Waals surface area contributed by atoms with Crippen molar-refractivity contribution in [1.82, 2.24) is 10.6 Å². The molecule has 2 aromatic rings. The number of amides is 2. The van der Waals surface area contributed by atoms with Crippen LogP contribution in [0.2, 0.25) is 0 Å². The number of aliphatic carboxylic acids is 1. The Labute approximate surface area is 181 Å². The first kappa shape index (κ1) is 22.3. The molecule has 0 aromatic heterocycles. The van der Waals surface area contributed by atoms with Crippen LogP contribution < -0.4 is 10.6 Å². The van der Waals surface area contributed by atoms with Gasteiger partial charge in [-0.15, -0.1) is 0 Å². The van der Waals surface area contributed by atoms with E-state index in [1.807, 2.05) is 36.4 Å². The van der Waals surface area contributed by atoms with E-state index in [0.717, 1.165) is 22.3 Å². The van der Waals surface area contributed by atoms with Gasteiger partial charge in [-0.2, -0.15) is 0 Å². The third-order valence-electron chi connectivity index (χ3n) is 5.66. The van der Waals surface area contributed by atoms with Crippen molar-refractivity contribution in [3.05, 3.63) is 59.7 Å². The summed E-state index contributed by atoms with van der Waals surface area (Å²) in [6, 6.07) is 15.4. The second-order valence-corrected chi connectivity index (χ2v) is 7.75. The van der Waals surface area contributed by atoms with Crippen LogP contribution in [0.15, 0.2) is 48.5 Å². The highest BCUT2D eigenvalue weighted by Crippen LogP contribution is 2.44. The summed E-state index contributed by atoms with van der Waals surface area (Å²) in [6.07, 6.45) is 0.0650. The zero-order chi connectivity index (χ0) is 22.4. The molecule has 0 radical (unpaired) electrons. The smallest absolute Gasteiger partial charge is 0.407 e. The molecule has 7 heteroatoms. The minimum absolute atomic E-state index is 0.0513. The maximum Gasteiger partial charge on any atom is 0.407 e. The monoisotopic (exact) mass is 424 g/mol. The average molecular weight is 424 g/mol. The van der Waals surface area contributed by atoms with Crippen LogP contribution >= 0.6 is 0 Å². The highest BCUT2D eigenvalue weighted by atomic mass is 16.5. The molecule has 1 unspecified atom stereocenters. The second-order valence-electron chi connectivity index (χ2n) is 7.75. The molecule has 2 aromatic carbocycles. The van der Waals surface area contributed by atoms with Crippen LogP contribution in [-0.4, -0.2) is 42.3 Å². The first-order chi connectivity index (χ1) is 14.9. The summed E-state index contributed by atoms with van der Waals surface area (Å²) in [6.45, 7) is 3.78. The van der Waals surface area contributed by atoms with Crippen LogP contribution in [0.25, 0.3) is 11.1 Å². The molecule has 3 N–H and O–H groups in total. The minimum Gasteiger partial charge on any atom is -0.481 e. The Kier molecular flexibility index (Phi) is 7.28. The highest BCUT2D eigenvalue weighted by Gasteiger charge is 2.29. The molecular formula is C24H28N2O5. The van der Waals surface area contributed by atoms with Crippen molar-refractivity contribution in [2.24, 2.45) is 5.92 Å². The predicted molar refractivity (Wildman–Crippen MR) is 117 cm³/mol. The number of nitrogens with one attached hydrogen (secondary N) is 2. The largest absolute Gasteiger partial charge is 0.481 e. The van der Waals surface area contributed by atoms with E-state index in [4.69, 9.17) is 9.84 Å². The Morgan fingerprint density at radius 3 is 2.16 bits per heavy atom. The third-order valence-corrected chi connectivity index (χ3v) is 5.66. The minimum atomic E-state index is -0.905. The van der Waals surface area contributed by atoms with Crippen molar-refractivity contribution in [2.45, 2.75) is 38.6 Å². The van der Waals surface area contributed by atoms with Gasteiger partial charge in [-0.05, 0) is 35.1 Å². The van der Waals surface area contributed by atoms with Gasteiger partial charge in [-0.25, -0.2) is 4.79 Å². The zero-order valence-electron chi connectivity index (χ0n) is 17.8. The van der Waals surface area contributed by atoms with Gasteiger partial charge >= 0.3 is 12.1 Å². The van der Waals surface area contributed by atoms with Crippen LogP contribution in [0.4, 0.5) is 4.79 Å². The molecule has 0 fully saturated rings. The van der Waals surface area contributed by atoms with E-state index >= 15 is 0 Å². The van der Waals surface area contributed by atoms with E-state index in [1.165, 1.54) is 0 Å². The molecule has 7 nitrogen and oxygen atoms in total. The van der Waals surface area contributed by atoms with Crippen molar-refractivity contribution < 1.29 is 24.2 Å². The van der Waals surface area contributed by atoms with Crippen LogP contribution in [0, 0.1) is 5.92 Å². The van der Waals surface area contributed by atoms with Gasteiger partial charge in [0.2, 0.25) is 5.91 Å². The van der Waals surface area contributed by atoms with Crippen LogP contribution in [0.3, 0.4) is 0 Å². The van der Waals surface area contributed by atoms with Gasteiger partial charge in [0.1, 0.15) is 12.6 Å². The number of benzene rings is 2. The fourth-order valence-corrected chi connectivity index (χ4v) is 3.79.